The maximum Gasteiger partial charge on any atom is 0.172 e. The molecule has 6 heteroatoms. The molecule has 3 aromatic heterocycles. The van der Waals surface area contributed by atoms with Crippen LogP contribution in [0.15, 0.2) is 51.4 Å². The standard InChI is InChI=1S/C12H9BrN4S/c1-17-5-4-15-12(17)18-10-2-3-14-9-6-8(13)7-16-11(9)10/h2-7H,1H3. The maximum atomic E-state index is 4.42. The summed E-state index contributed by atoms with van der Waals surface area (Å²) in [6, 6.07) is 3.92. The Bertz CT molecular complexity index is 710. The van der Waals surface area contributed by atoms with E-state index in [2.05, 4.69) is 30.9 Å². The monoisotopic (exact) mass is 320 g/mol. The molecule has 90 valence electrons. The summed E-state index contributed by atoms with van der Waals surface area (Å²) in [5.74, 6) is 0. The number of nitrogens with zero attached hydrogens (tertiary/aromatic N) is 4. The number of aromatic nitrogens is 4. The first kappa shape index (κ1) is 11.7. The van der Waals surface area contributed by atoms with Gasteiger partial charge in [0.2, 0.25) is 0 Å². The first-order valence-corrected chi connectivity index (χ1v) is 6.90. The second kappa shape index (κ2) is 4.70. The molecule has 4 nitrogen and oxygen atoms in total. The minimum Gasteiger partial charge on any atom is -0.329 e. The molecule has 0 aliphatic carbocycles. The Hall–Kier alpha value is -1.40. The van der Waals surface area contributed by atoms with Crippen molar-refractivity contribution in [2.75, 3.05) is 0 Å². The maximum absolute atomic E-state index is 4.42. The number of fused-ring (bicyclic) bond motifs is 1. The smallest absolute Gasteiger partial charge is 0.172 e. The molecule has 0 unspecified atom stereocenters. The molecule has 0 saturated heterocycles. The Balaban J connectivity index is 2.09. The lowest BCUT2D eigenvalue weighted by Gasteiger charge is -2.04. The number of imidazole rings is 1. The van der Waals surface area contributed by atoms with Crippen molar-refractivity contribution < 1.29 is 0 Å². The van der Waals surface area contributed by atoms with E-state index in [1.807, 2.05) is 29.9 Å². The van der Waals surface area contributed by atoms with E-state index >= 15 is 0 Å². The number of aryl methyl sites for hydroxylation is 1. The number of halogens is 1. The number of hydrogen-bond acceptors (Lipinski definition) is 4. The van der Waals surface area contributed by atoms with Crippen LogP contribution in [0.3, 0.4) is 0 Å². The topological polar surface area (TPSA) is 43.6 Å². The van der Waals surface area contributed by atoms with Crippen LogP contribution in [0.2, 0.25) is 0 Å². The van der Waals surface area contributed by atoms with Crippen LogP contribution in [0.5, 0.6) is 0 Å². The molecule has 0 aromatic carbocycles. The van der Waals surface area contributed by atoms with E-state index in [-0.39, 0.29) is 0 Å². The van der Waals surface area contributed by atoms with Gasteiger partial charge in [0, 0.05) is 41.2 Å². The fourth-order valence-corrected chi connectivity index (χ4v) is 2.83. The van der Waals surface area contributed by atoms with Crippen LogP contribution in [-0.2, 0) is 7.05 Å². The van der Waals surface area contributed by atoms with Crippen molar-refractivity contribution in [3.05, 3.63) is 41.4 Å². The van der Waals surface area contributed by atoms with E-state index in [1.54, 1.807) is 30.4 Å². The zero-order valence-corrected chi connectivity index (χ0v) is 11.9. The van der Waals surface area contributed by atoms with Crippen LogP contribution in [0.1, 0.15) is 0 Å². The van der Waals surface area contributed by atoms with E-state index in [0.717, 1.165) is 25.6 Å². The van der Waals surface area contributed by atoms with E-state index in [0.29, 0.717) is 0 Å². The van der Waals surface area contributed by atoms with Crippen LogP contribution in [0.25, 0.3) is 11.0 Å². The largest absolute Gasteiger partial charge is 0.329 e. The summed E-state index contributed by atoms with van der Waals surface area (Å²) in [5, 5.41) is 0.937. The number of pyridine rings is 2. The first-order valence-electron chi connectivity index (χ1n) is 5.29. The summed E-state index contributed by atoms with van der Waals surface area (Å²) >= 11 is 4.99. The van der Waals surface area contributed by atoms with Crippen molar-refractivity contribution in [3.8, 4) is 0 Å². The molecule has 0 aliphatic heterocycles. The normalized spacial score (nSPS) is 11.0. The van der Waals surface area contributed by atoms with Gasteiger partial charge in [-0.2, -0.15) is 0 Å². The average Bonchev–Trinajstić information content (AvgIpc) is 2.75. The Kier molecular flexibility index (Phi) is 3.05. The molecule has 18 heavy (non-hydrogen) atoms. The zero-order valence-electron chi connectivity index (χ0n) is 9.54. The predicted octanol–water partition coefficient (Wildman–Crippen LogP) is 3.28. The minimum atomic E-state index is 0.878. The molecule has 0 atom stereocenters. The SMILES string of the molecule is Cn1ccnc1Sc1ccnc2cc(Br)cnc12. The fraction of sp³-hybridized carbons (Fsp3) is 0.0833. The van der Waals surface area contributed by atoms with Gasteiger partial charge in [0.15, 0.2) is 5.16 Å². The molecule has 0 radical (unpaired) electrons. The van der Waals surface area contributed by atoms with Crippen LogP contribution in [0.4, 0.5) is 0 Å². The van der Waals surface area contributed by atoms with Gasteiger partial charge in [0.1, 0.15) is 5.52 Å². The van der Waals surface area contributed by atoms with E-state index in [9.17, 15) is 0 Å². The van der Waals surface area contributed by atoms with Crippen molar-refractivity contribution in [3.63, 3.8) is 0 Å². The van der Waals surface area contributed by atoms with Crippen molar-refractivity contribution >= 4 is 38.7 Å². The average molecular weight is 321 g/mol. The highest BCUT2D eigenvalue weighted by Crippen LogP contribution is 2.30. The van der Waals surface area contributed by atoms with Gasteiger partial charge in [-0.1, -0.05) is 0 Å². The second-order valence-electron chi connectivity index (χ2n) is 3.75. The molecule has 3 heterocycles. The van der Waals surface area contributed by atoms with Crippen LogP contribution < -0.4 is 0 Å². The molecule has 3 rings (SSSR count). The Morgan fingerprint density at radius 3 is 2.89 bits per heavy atom. The van der Waals surface area contributed by atoms with Gasteiger partial charge >= 0.3 is 0 Å². The van der Waals surface area contributed by atoms with Crippen molar-refractivity contribution in [2.45, 2.75) is 10.1 Å². The first-order chi connectivity index (χ1) is 8.74. The number of rotatable bonds is 2. The van der Waals surface area contributed by atoms with Gasteiger partial charge in [-0.15, -0.1) is 0 Å². The quantitative estimate of drug-likeness (QED) is 0.726. The lowest BCUT2D eigenvalue weighted by atomic mass is 10.3. The molecule has 0 bridgehead atoms. The third-order valence-corrected chi connectivity index (χ3v) is 4.04. The van der Waals surface area contributed by atoms with Gasteiger partial charge in [-0.05, 0) is 39.8 Å². The molecule has 0 N–H and O–H groups in total. The zero-order chi connectivity index (χ0) is 12.5. The van der Waals surface area contributed by atoms with Gasteiger partial charge < -0.3 is 4.57 Å². The van der Waals surface area contributed by atoms with Crippen molar-refractivity contribution in [2.24, 2.45) is 7.05 Å². The fourth-order valence-electron chi connectivity index (χ4n) is 1.61. The molecule has 0 amide bonds. The van der Waals surface area contributed by atoms with Crippen LogP contribution >= 0.6 is 27.7 Å². The lowest BCUT2D eigenvalue weighted by Crippen LogP contribution is -1.90. The number of hydrogen-bond donors (Lipinski definition) is 0. The summed E-state index contributed by atoms with van der Waals surface area (Å²) in [5.41, 5.74) is 1.78. The second-order valence-corrected chi connectivity index (χ2v) is 5.68. The Labute approximate surface area is 117 Å². The Morgan fingerprint density at radius 1 is 1.22 bits per heavy atom. The summed E-state index contributed by atoms with van der Waals surface area (Å²) < 4.78 is 2.91. The summed E-state index contributed by atoms with van der Waals surface area (Å²) in [4.78, 5) is 14.1. The molecule has 0 fully saturated rings. The van der Waals surface area contributed by atoms with Crippen LogP contribution in [-0.4, -0.2) is 19.5 Å². The van der Waals surface area contributed by atoms with Gasteiger partial charge in [0.25, 0.3) is 0 Å². The highest BCUT2D eigenvalue weighted by molar-refractivity contribution is 9.10. The van der Waals surface area contributed by atoms with E-state index < -0.39 is 0 Å². The highest BCUT2D eigenvalue weighted by atomic mass is 79.9. The third kappa shape index (κ3) is 2.13. The molecular weight excluding hydrogens is 312 g/mol. The molecule has 0 aliphatic rings. The van der Waals surface area contributed by atoms with Gasteiger partial charge in [-0.3, -0.25) is 9.97 Å². The third-order valence-electron chi connectivity index (χ3n) is 2.49. The molecule has 3 aromatic rings. The minimum absolute atomic E-state index is 0.878. The predicted molar refractivity (Wildman–Crippen MR) is 74.6 cm³/mol. The van der Waals surface area contributed by atoms with Gasteiger partial charge in [0.05, 0.1) is 5.52 Å². The lowest BCUT2D eigenvalue weighted by molar-refractivity contribution is 0.790. The van der Waals surface area contributed by atoms with Gasteiger partial charge in [-0.25, -0.2) is 4.98 Å². The van der Waals surface area contributed by atoms with Crippen molar-refractivity contribution in [1.82, 2.24) is 19.5 Å². The molecule has 0 spiro atoms. The summed E-state index contributed by atoms with van der Waals surface area (Å²) in [6.45, 7) is 0. The summed E-state index contributed by atoms with van der Waals surface area (Å²) in [7, 11) is 1.97. The Morgan fingerprint density at radius 2 is 2.11 bits per heavy atom. The molecule has 0 saturated carbocycles. The summed E-state index contributed by atoms with van der Waals surface area (Å²) in [6.07, 6.45) is 7.29. The highest BCUT2D eigenvalue weighted by Gasteiger charge is 2.08. The van der Waals surface area contributed by atoms with Crippen LogP contribution in [0, 0.1) is 0 Å². The van der Waals surface area contributed by atoms with E-state index in [4.69, 9.17) is 0 Å². The van der Waals surface area contributed by atoms with E-state index in [1.165, 1.54) is 0 Å². The van der Waals surface area contributed by atoms with Crippen molar-refractivity contribution in [1.29, 1.82) is 0 Å². The molecular formula is C12H9BrN4S.